The highest BCUT2D eigenvalue weighted by molar-refractivity contribution is 7.93. The number of carbonyl (C=O) groups excluding carboxylic acids is 1. The molecule has 0 aliphatic carbocycles. The van der Waals surface area contributed by atoms with Gasteiger partial charge in [-0.1, -0.05) is 31.2 Å². The number of esters is 1. The molecule has 0 fully saturated rings. The van der Waals surface area contributed by atoms with Crippen molar-refractivity contribution in [1.82, 2.24) is 4.98 Å². The number of rotatable bonds is 9. The summed E-state index contributed by atoms with van der Waals surface area (Å²) in [7, 11) is -4.12. The number of nitro benzene ring substituents is 1. The number of nitro groups is 1. The number of nitrogens with zero attached hydrogens (tertiary/aromatic N) is 2. The highest BCUT2D eigenvalue weighted by atomic mass is 32.2. The smallest absolute Gasteiger partial charge is 0.312 e. The first-order valence-electron chi connectivity index (χ1n) is 7.82. The van der Waals surface area contributed by atoms with Gasteiger partial charge in [-0.15, -0.1) is 17.9 Å². The zero-order valence-electron chi connectivity index (χ0n) is 14.3. The third-order valence-electron chi connectivity index (χ3n) is 3.37. The fourth-order valence-corrected chi connectivity index (χ4v) is 4.42. The van der Waals surface area contributed by atoms with Crippen LogP contribution in [0.4, 0.5) is 10.8 Å². The number of hydrogen-bond acceptors (Lipinski definition) is 8. The Morgan fingerprint density at radius 1 is 1.48 bits per heavy atom. The normalized spacial score (nSPS) is 12.2. The molecule has 27 heavy (non-hydrogen) atoms. The number of sulfonamides is 1. The van der Waals surface area contributed by atoms with E-state index in [-0.39, 0.29) is 28.7 Å². The second-order valence-corrected chi connectivity index (χ2v) is 7.99. The van der Waals surface area contributed by atoms with Gasteiger partial charge in [0.1, 0.15) is 5.25 Å². The second kappa shape index (κ2) is 8.73. The molecule has 0 radical (unpaired) electrons. The van der Waals surface area contributed by atoms with Gasteiger partial charge in [-0.25, -0.2) is 8.42 Å². The van der Waals surface area contributed by atoms with Crippen molar-refractivity contribution >= 4 is 38.1 Å². The minimum Gasteiger partial charge on any atom is -0.406 e. The number of anilines is 1. The molecule has 0 saturated carbocycles. The molecule has 11 heteroatoms. The molecule has 0 bridgehead atoms. The van der Waals surface area contributed by atoms with Gasteiger partial charge in [0.2, 0.25) is 15.9 Å². The molecule has 9 nitrogen and oxygen atoms in total. The fraction of sp³-hybridized carbons (Fsp3) is 0.250. The average Bonchev–Trinajstić information content (AvgIpc) is 3.01. The Bertz CT molecular complexity index is 955. The van der Waals surface area contributed by atoms with Crippen LogP contribution in [-0.4, -0.2) is 24.3 Å². The van der Waals surface area contributed by atoms with E-state index in [1.807, 2.05) is 6.92 Å². The largest absolute Gasteiger partial charge is 0.406 e. The highest BCUT2D eigenvalue weighted by Gasteiger charge is 2.31. The lowest BCUT2D eigenvalue weighted by molar-refractivity contribution is -0.385. The molecule has 1 atom stereocenters. The maximum absolute atomic E-state index is 12.7. The summed E-state index contributed by atoms with van der Waals surface area (Å²) in [6.45, 7) is 5.30. The molecule has 2 rings (SSSR count). The van der Waals surface area contributed by atoms with Crippen molar-refractivity contribution in [1.29, 1.82) is 0 Å². The van der Waals surface area contributed by atoms with Gasteiger partial charge >= 0.3 is 5.97 Å². The molecule has 2 aromatic rings. The summed E-state index contributed by atoms with van der Waals surface area (Å²) in [5.41, 5.74) is -0.350. The van der Waals surface area contributed by atoms with E-state index in [0.29, 0.717) is 6.42 Å². The summed E-state index contributed by atoms with van der Waals surface area (Å²) in [6, 6.07) is 5.52. The topological polar surface area (TPSA) is 128 Å². The molecular weight excluding hydrogens is 394 g/mol. The SMILES string of the molecule is C=CC(c1ccccc1[N+](=O)[O-])S(=O)(=O)Nc1nc(OC(=O)CCC)cs1. The lowest BCUT2D eigenvalue weighted by Gasteiger charge is -2.14. The minimum atomic E-state index is -4.12. The van der Waals surface area contributed by atoms with Crippen LogP contribution in [-0.2, 0) is 14.8 Å². The Morgan fingerprint density at radius 3 is 2.81 bits per heavy atom. The second-order valence-electron chi connectivity index (χ2n) is 5.33. The van der Waals surface area contributed by atoms with E-state index in [1.54, 1.807) is 0 Å². The van der Waals surface area contributed by atoms with Crippen LogP contribution in [0.25, 0.3) is 0 Å². The van der Waals surface area contributed by atoms with Crippen LogP contribution in [0.5, 0.6) is 5.88 Å². The quantitative estimate of drug-likeness (QED) is 0.290. The molecule has 1 aromatic heterocycles. The maximum Gasteiger partial charge on any atom is 0.312 e. The number of para-hydroxylation sites is 1. The molecule has 0 saturated heterocycles. The average molecular weight is 411 g/mol. The number of benzene rings is 1. The Labute approximate surface area is 159 Å². The fourth-order valence-electron chi connectivity index (χ4n) is 2.22. The Hall–Kier alpha value is -2.79. The van der Waals surface area contributed by atoms with Crippen molar-refractivity contribution in [2.24, 2.45) is 0 Å². The van der Waals surface area contributed by atoms with Crippen molar-refractivity contribution in [2.45, 2.75) is 25.0 Å². The van der Waals surface area contributed by atoms with Gasteiger partial charge in [0.15, 0.2) is 5.13 Å². The summed E-state index contributed by atoms with van der Waals surface area (Å²) < 4.78 is 32.6. The molecule has 1 aromatic carbocycles. The van der Waals surface area contributed by atoms with E-state index >= 15 is 0 Å². The summed E-state index contributed by atoms with van der Waals surface area (Å²) in [5, 5.41) is 11.2. The zero-order valence-corrected chi connectivity index (χ0v) is 16.0. The van der Waals surface area contributed by atoms with Crippen molar-refractivity contribution in [2.75, 3.05) is 4.72 Å². The number of hydrogen-bond donors (Lipinski definition) is 1. The Kier molecular flexibility index (Phi) is 6.64. The van der Waals surface area contributed by atoms with E-state index in [9.17, 15) is 23.3 Å². The van der Waals surface area contributed by atoms with Crippen LogP contribution in [0.1, 0.15) is 30.6 Å². The van der Waals surface area contributed by atoms with Crippen LogP contribution >= 0.6 is 11.3 Å². The predicted molar refractivity (Wildman–Crippen MR) is 101 cm³/mol. The third-order valence-corrected chi connectivity index (χ3v) is 5.83. The number of thiazole rings is 1. The third kappa shape index (κ3) is 5.11. The predicted octanol–water partition coefficient (Wildman–Crippen LogP) is 3.43. The number of carbonyl (C=O) groups is 1. The van der Waals surface area contributed by atoms with Gasteiger partial charge in [-0.2, -0.15) is 4.98 Å². The first-order chi connectivity index (χ1) is 12.8. The van der Waals surface area contributed by atoms with Crippen molar-refractivity contribution < 1.29 is 22.9 Å². The first kappa shape index (κ1) is 20.5. The van der Waals surface area contributed by atoms with Gasteiger partial charge in [-0.05, 0) is 6.42 Å². The van der Waals surface area contributed by atoms with Crippen LogP contribution < -0.4 is 9.46 Å². The van der Waals surface area contributed by atoms with Gasteiger partial charge in [-0.3, -0.25) is 19.6 Å². The minimum absolute atomic E-state index is 0.0167. The number of ether oxygens (including phenoxy) is 1. The van der Waals surface area contributed by atoms with Crippen molar-refractivity contribution in [3.63, 3.8) is 0 Å². The Balaban J connectivity index is 2.25. The van der Waals surface area contributed by atoms with Crippen molar-refractivity contribution in [3.8, 4) is 5.88 Å². The number of aromatic nitrogens is 1. The highest BCUT2D eigenvalue weighted by Crippen LogP contribution is 2.33. The van der Waals surface area contributed by atoms with E-state index in [0.717, 1.165) is 17.4 Å². The van der Waals surface area contributed by atoms with Crippen LogP contribution in [0.15, 0.2) is 42.3 Å². The molecule has 0 aliphatic rings. The molecule has 1 heterocycles. The molecule has 0 amide bonds. The van der Waals surface area contributed by atoms with Gasteiger partial charge in [0, 0.05) is 12.5 Å². The molecule has 0 aliphatic heterocycles. The summed E-state index contributed by atoms with van der Waals surface area (Å²) in [5.74, 6) is -0.488. The monoisotopic (exact) mass is 411 g/mol. The van der Waals surface area contributed by atoms with Crippen LogP contribution in [0, 0.1) is 10.1 Å². The summed E-state index contributed by atoms with van der Waals surface area (Å²) in [4.78, 5) is 25.9. The molecule has 144 valence electrons. The van der Waals surface area contributed by atoms with E-state index < -0.39 is 26.2 Å². The Morgan fingerprint density at radius 2 is 2.19 bits per heavy atom. The molecular formula is C16H17N3O6S2. The first-order valence-corrected chi connectivity index (χ1v) is 10.2. The number of nitrogens with one attached hydrogen (secondary N) is 1. The van der Waals surface area contributed by atoms with Crippen LogP contribution in [0.3, 0.4) is 0 Å². The lowest BCUT2D eigenvalue weighted by Crippen LogP contribution is -2.20. The summed E-state index contributed by atoms with van der Waals surface area (Å²) >= 11 is 0.923. The standard InChI is InChI=1S/C16H17N3O6S2/c1-3-7-15(20)25-14-10-26-16(17-14)18-27(23,24)13(4-2)11-8-5-6-9-12(11)19(21)22/h4-6,8-10,13H,2-3,7H2,1H3,(H,17,18). The van der Waals surface area contributed by atoms with Gasteiger partial charge < -0.3 is 4.74 Å². The molecule has 0 spiro atoms. The van der Waals surface area contributed by atoms with Gasteiger partial charge in [0.05, 0.1) is 15.9 Å². The van der Waals surface area contributed by atoms with E-state index in [1.165, 1.54) is 29.6 Å². The van der Waals surface area contributed by atoms with Crippen LogP contribution in [0.2, 0.25) is 0 Å². The zero-order chi connectivity index (χ0) is 20.0. The van der Waals surface area contributed by atoms with Crippen molar-refractivity contribution in [3.05, 3.63) is 58.0 Å². The van der Waals surface area contributed by atoms with Gasteiger partial charge in [0.25, 0.3) is 5.69 Å². The lowest BCUT2D eigenvalue weighted by atomic mass is 10.1. The van der Waals surface area contributed by atoms with E-state index in [4.69, 9.17) is 4.74 Å². The maximum atomic E-state index is 12.7. The molecule has 1 N–H and O–H groups in total. The molecule has 1 unspecified atom stereocenters. The van der Waals surface area contributed by atoms with E-state index in [2.05, 4.69) is 16.3 Å². The summed E-state index contributed by atoms with van der Waals surface area (Å²) in [6.07, 6.45) is 1.93.